The van der Waals surface area contributed by atoms with E-state index in [2.05, 4.69) is 0 Å². The van der Waals surface area contributed by atoms with Gasteiger partial charge < -0.3 is 14.4 Å². The van der Waals surface area contributed by atoms with E-state index < -0.39 is 5.97 Å². The quantitative estimate of drug-likeness (QED) is 0.942. The van der Waals surface area contributed by atoms with Crippen LogP contribution in [0.3, 0.4) is 0 Å². The number of carboxylic acids is 1. The van der Waals surface area contributed by atoms with E-state index >= 15 is 0 Å². The van der Waals surface area contributed by atoms with Crippen molar-refractivity contribution in [3.8, 4) is 0 Å². The number of carbonyl (C=O) groups excluding carboxylic acids is 1. The highest BCUT2D eigenvalue weighted by Crippen LogP contribution is 2.39. The van der Waals surface area contributed by atoms with Crippen molar-refractivity contribution in [1.82, 2.24) is 0 Å². The summed E-state index contributed by atoms with van der Waals surface area (Å²) in [6, 6.07) is 7.51. The van der Waals surface area contributed by atoms with E-state index in [9.17, 15) is 9.59 Å². The lowest BCUT2D eigenvalue weighted by atomic mass is 9.98. The minimum absolute atomic E-state index is 0.0170. The van der Waals surface area contributed by atoms with Crippen LogP contribution >= 0.6 is 0 Å². The first-order chi connectivity index (χ1) is 10.9. The van der Waals surface area contributed by atoms with Gasteiger partial charge in [-0.1, -0.05) is 18.2 Å². The van der Waals surface area contributed by atoms with E-state index in [4.69, 9.17) is 9.52 Å². The molecule has 2 aromatic rings. The van der Waals surface area contributed by atoms with Gasteiger partial charge in [-0.05, 0) is 32.4 Å². The van der Waals surface area contributed by atoms with Gasteiger partial charge in [0.05, 0.1) is 12.0 Å². The Morgan fingerprint density at radius 2 is 1.91 bits per heavy atom. The fourth-order valence-electron chi connectivity index (χ4n) is 3.32. The predicted molar refractivity (Wildman–Crippen MR) is 86.0 cm³/mol. The van der Waals surface area contributed by atoms with Gasteiger partial charge in [-0.3, -0.25) is 9.59 Å². The number of carboxylic acid groups (broad SMARTS) is 1. The fraction of sp³-hybridized carbons (Fsp3) is 0.333. The summed E-state index contributed by atoms with van der Waals surface area (Å²) < 4.78 is 5.56. The van der Waals surface area contributed by atoms with Crippen molar-refractivity contribution in [3.63, 3.8) is 0 Å². The molecule has 5 nitrogen and oxygen atoms in total. The van der Waals surface area contributed by atoms with E-state index in [1.54, 1.807) is 11.8 Å². The summed E-state index contributed by atoms with van der Waals surface area (Å²) in [7, 11) is 0. The monoisotopic (exact) mass is 313 g/mol. The van der Waals surface area contributed by atoms with E-state index in [-0.39, 0.29) is 18.2 Å². The summed E-state index contributed by atoms with van der Waals surface area (Å²) in [5.41, 5.74) is 3.13. The van der Waals surface area contributed by atoms with Crippen molar-refractivity contribution in [2.45, 2.75) is 33.1 Å². The summed E-state index contributed by atoms with van der Waals surface area (Å²) >= 11 is 0. The standard InChI is InChI=1S/C18H19NO4/c1-10-11(2)23-12(3)17(10)18(22)19-9-13(8-16(20)21)14-6-4-5-7-15(14)19/h4-7,13H,8-9H2,1-3H3,(H,20,21). The van der Waals surface area contributed by atoms with Gasteiger partial charge in [0.25, 0.3) is 5.91 Å². The Bertz CT molecular complexity index is 790. The molecule has 23 heavy (non-hydrogen) atoms. The number of rotatable bonds is 3. The molecule has 2 heterocycles. The number of aliphatic carboxylic acids is 1. The molecule has 5 heteroatoms. The molecule has 1 unspecified atom stereocenters. The first-order valence-corrected chi connectivity index (χ1v) is 7.59. The van der Waals surface area contributed by atoms with Gasteiger partial charge in [0, 0.05) is 23.7 Å². The normalized spacial score (nSPS) is 16.5. The smallest absolute Gasteiger partial charge is 0.304 e. The van der Waals surface area contributed by atoms with Crippen LogP contribution in [0.4, 0.5) is 5.69 Å². The van der Waals surface area contributed by atoms with Crippen LogP contribution in [0.1, 0.15) is 45.3 Å². The van der Waals surface area contributed by atoms with Crippen LogP contribution in [0.25, 0.3) is 0 Å². The molecule has 1 aliphatic rings. The molecule has 0 saturated heterocycles. The number of benzene rings is 1. The number of amides is 1. The summed E-state index contributed by atoms with van der Waals surface area (Å²) in [6.07, 6.45) is 0.0170. The number of anilines is 1. The van der Waals surface area contributed by atoms with Crippen LogP contribution < -0.4 is 4.90 Å². The van der Waals surface area contributed by atoms with Crippen molar-refractivity contribution in [3.05, 3.63) is 52.5 Å². The lowest BCUT2D eigenvalue weighted by molar-refractivity contribution is -0.137. The van der Waals surface area contributed by atoms with Crippen LogP contribution in [-0.4, -0.2) is 23.5 Å². The van der Waals surface area contributed by atoms with Crippen LogP contribution in [-0.2, 0) is 4.79 Å². The minimum Gasteiger partial charge on any atom is -0.481 e. The summed E-state index contributed by atoms with van der Waals surface area (Å²) in [4.78, 5) is 25.8. The molecule has 0 aliphatic carbocycles. The molecule has 0 saturated carbocycles. The Morgan fingerprint density at radius 3 is 2.52 bits per heavy atom. The molecule has 120 valence electrons. The first kappa shape index (κ1) is 15.3. The molecule has 1 atom stereocenters. The molecule has 1 N–H and O–H groups in total. The Hall–Kier alpha value is -2.56. The number of nitrogens with zero attached hydrogens (tertiary/aromatic N) is 1. The average molecular weight is 313 g/mol. The third kappa shape index (κ3) is 2.52. The fourth-order valence-corrected chi connectivity index (χ4v) is 3.32. The van der Waals surface area contributed by atoms with Gasteiger partial charge >= 0.3 is 5.97 Å². The maximum absolute atomic E-state index is 13.0. The number of carbonyl (C=O) groups is 2. The Kier molecular flexibility index (Phi) is 3.72. The van der Waals surface area contributed by atoms with Gasteiger partial charge in [0.15, 0.2) is 0 Å². The number of furan rings is 1. The summed E-state index contributed by atoms with van der Waals surface area (Å²) in [5.74, 6) is 0.175. The van der Waals surface area contributed by atoms with Gasteiger partial charge in [0.2, 0.25) is 0 Å². The number of hydrogen-bond donors (Lipinski definition) is 1. The van der Waals surface area contributed by atoms with Gasteiger partial charge in [0.1, 0.15) is 11.5 Å². The van der Waals surface area contributed by atoms with Crippen LogP contribution in [0.15, 0.2) is 28.7 Å². The molecule has 1 amide bonds. The van der Waals surface area contributed by atoms with Gasteiger partial charge in [-0.25, -0.2) is 0 Å². The molecule has 0 spiro atoms. The molecule has 0 radical (unpaired) electrons. The molecule has 0 bridgehead atoms. The molecular weight excluding hydrogens is 294 g/mol. The third-order valence-electron chi connectivity index (χ3n) is 4.51. The topological polar surface area (TPSA) is 70.8 Å². The van der Waals surface area contributed by atoms with Crippen LogP contribution in [0.2, 0.25) is 0 Å². The highest BCUT2D eigenvalue weighted by atomic mass is 16.4. The highest BCUT2D eigenvalue weighted by molar-refractivity contribution is 6.09. The lowest BCUT2D eigenvalue weighted by Gasteiger charge is -2.18. The highest BCUT2D eigenvalue weighted by Gasteiger charge is 2.35. The summed E-state index contributed by atoms with van der Waals surface area (Å²) in [6.45, 7) is 5.87. The predicted octanol–water partition coefficient (Wildman–Crippen LogP) is 3.42. The number of hydrogen-bond acceptors (Lipinski definition) is 3. The largest absolute Gasteiger partial charge is 0.481 e. The average Bonchev–Trinajstić information content (AvgIpc) is 2.97. The SMILES string of the molecule is Cc1oc(C)c(C(=O)N2CC(CC(=O)O)c3ccccc32)c1C. The molecule has 0 fully saturated rings. The minimum atomic E-state index is -0.856. The first-order valence-electron chi connectivity index (χ1n) is 7.59. The zero-order valence-electron chi connectivity index (χ0n) is 13.4. The molecular formula is C18H19NO4. The molecule has 3 rings (SSSR count). The summed E-state index contributed by atoms with van der Waals surface area (Å²) in [5, 5.41) is 9.11. The number of para-hydroxylation sites is 1. The van der Waals surface area contributed by atoms with Crippen LogP contribution in [0.5, 0.6) is 0 Å². The van der Waals surface area contributed by atoms with Crippen molar-refractivity contribution in [2.24, 2.45) is 0 Å². The Labute approximate surface area is 134 Å². The van der Waals surface area contributed by atoms with E-state index in [1.807, 2.05) is 38.1 Å². The van der Waals surface area contributed by atoms with E-state index in [0.717, 1.165) is 22.6 Å². The Balaban J connectivity index is 2.01. The zero-order valence-corrected chi connectivity index (χ0v) is 13.4. The van der Waals surface area contributed by atoms with E-state index in [1.165, 1.54) is 0 Å². The second kappa shape index (κ2) is 5.57. The Morgan fingerprint density at radius 1 is 1.22 bits per heavy atom. The van der Waals surface area contributed by atoms with Crippen molar-refractivity contribution in [1.29, 1.82) is 0 Å². The number of aryl methyl sites for hydroxylation is 2. The van der Waals surface area contributed by atoms with Gasteiger partial charge in [-0.2, -0.15) is 0 Å². The van der Waals surface area contributed by atoms with Crippen molar-refractivity contribution < 1.29 is 19.1 Å². The molecule has 1 aromatic heterocycles. The zero-order chi connectivity index (χ0) is 16.7. The second-order valence-electron chi connectivity index (χ2n) is 5.98. The maximum Gasteiger partial charge on any atom is 0.304 e. The van der Waals surface area contributed by atoms with Crippen molar-refractivity contribution >= 4 is 17.6 Å². The molecule has 1 aliphatic heterocycles. The lowest BCUT2D eigenvalue weighted by Crippen LogP contribution is -2.30. The van der Waals surface area contributed by atoms with Crippen molar-refractivity contribution in [2.75, 3.05) is 11.4 Å². The van der Waals surface area contributed by atoms with Gasteiger partial charge in [-0.15, -0.1) is 0 Å². The second-order valence-corrected chi connectivity index (χ2v) is 5.98. The number of fused-ring (bicyclic) bond motifs is 1. The van der Waals surface area contributed by atoms with Crippen LogP contribution in [0, 0.1) is 20.8 Å². The van der Waals surface area contributed by atoms with E-state index in [0.29, 0.717) is 17.9 Å². The third-order valence-corrected chi connectivity index (χ3v) is 4.51. The molecule has 1 aromatic carbocycles. The maximum atomic E-state index is 13.0.